The van der Waals surface area contributed by atoms with Crippen molar-refractivity contribution >= 4 is 72.7 Å². The van der Waals surface area contributed by atoms with Crippen molar-refractivity contribution in [1.82, 2.24) is 31.9 Å². The molecular formula is C110H212N7O25P. The highest BCUT2D eigenvalue weighted by atomic mass is 31.2. The number of esters is 3. The van der Waals surface area contributed by atoms with Gasteiger partial charge in [0.05, 0.1) is 103 Å². The summed E-state index contributed by atoms with van der Waals surface area (Å²) < 4.78 is 78.7. The number of phosphoric acid groups is 1. The lowest BCUT2D eigenvalue weighted by Crippen LogP contribution is -2.58. The Balaban J connectivity index is -0.00000943. The Labute approximate surface area is 867 Å². The quantitative estimate of drug-likeness (QED) is 0.00921. The summed E-state index contributed by atoms with van der Waals surface area (Å²) in [5.74, 6) is 0.306. The molecule has 6 amide bonds. The summed E-state index contributed by atoms with van der Waals surface area (Å²) in [6.45, 7) is 34.4. The Hall–Kier alpha value is -5.64. The summed E-state index contributed by atoms with van der Waals surface area (Å²) in [5.41, 5.74) is 4.04. The summed E-state index contributed by atoms with van der Waals surface area (Å²) in [6, 6.07) is -0.227. The van der Waals surface area contributed by atoms with E-state index in [0.717, 1.165) is 219 Å². The van der Waals surface area contributed by atoms with Crippen LogP contribution in [0.5, 0.6) is 0 Å². The summed E-state index contributed by atoms with van der Waals surface area (Å²) >= 11 is 0. The molecule has 0 aromatic heterocycles. The smallest absolute Gasteiger partial charge is 0.466 e. The number of hydrogen-bond acceptors (Lipinski definition) is 25. The highest BCUT2D eigenvalue weighted by Gasteiger charge is 2.45. The van der Waals surface area contributed by atoms with Gasteiger partial charge in [-0.3, -0.25) is 61.8 Å². The van der Waals surface area contributed by atoms with E-state index >= 15 is 0 Å². The van der Waals surface area contributed by atoms with Crippen LogP contribution in [0.25, 0.3) is 0 Å². The molecule has 3 fully saturated rings. The van der Waals surface area contributed by atoms with Crippen molar-refractivity contribution in [2.24, 2.45) is 59.0 Å². The van der Waals surface area contributed by atoms with Crippen LogP contribution in [0.3, 0.4) is 0 Å². The number of Topliss-reactive ketones (excluding diaryl/α,β-unsaturated/α-hetero) is 2. The number of amides is 6. The highest BCUT2D eigenvalue weighted by Crippen LogP contribution is 2.43. The van der Waals surface area contributed by atoms with E-state index in [9.17, 15) is 57.3 Å². The third kappa shape index (κ3) is 73.2. The molecule has 3 saturated carbocycles. The van der Waals surface area contributed by atoms with Crippen LogP contribution in [-0.2, 0) is 114 Å². The monoisotopic (exact) mass is 2060 g/mol. The second-order valence-electron chi connectivity index (χ2n) is 39.5. The fraction of sp³-hybridized carbons (Fsp3) is 0.900. The van der Waals surface area contributed by atoms with Gasteiger partial charge in [-0.2, -0.15) is 0 Å². The molecule has 3 aliphatic rings. The van der Waals surface area contributed by atoms with Gasteiger partial charge in [-0.15, -0.1) is 0 Å². The van der Waals surface area contributed by atoms with Gasteiger partial charge in [-0.05, 0) is 137 Å². The van der Waals surface area contributed by atoms with Gasteiger partial charge in [0.25, 0.3) is 0 Å². The molecule has 0 spiro atoms. The lowest BCUT2D eigenvalue weighted by molar-refractivity contribution is -0.146. The predicted octanol–water partition coefficient (Wildman–Crippen LogP) is 20.3. The van der Waals surface area contributed by atoms with Crippen LogP contribution in [0.2, 0.25) is 0 Å². The van der Waals surface area contributed by atoms with Gasteiger partial charge in [-0.25, -0.2) is 4.57 Å². The predicted molar refractivity (Wildman–Crippen MR) is 569 cm³/mol. The second-order valence-corrected chi connectivity index (χ2v) is 41.1. The van der Waals surface area contributed by atoms with Gasteiger partial charge < -0.3 is 89.9 Å². The van der Waals surface area contributed by atoms with Crippen LogP contribution in [0.15, 0.2) is 0 Å². The number of methoxy groups -OCH3 is 1. The zero-order valence-electron chi connectivity index (χ0n) is 91.5. The van der Waals surface area contributed by atoms with E-state index < -0.39 is 13.4 Å². The normalized spacial score (nSPS) is 21.4. The van der Waals surface area contributed by atoms with Crippen LogP contribution in [0, 0.1) is 53.3 Å². The number of unbranched alkanes of at least 4 members (excludes halogenated alkanes) is 32. The molecule has 0 aromatic rings. The molecular weight excluding hydrogens is 1850 g/mol. The summed E-state index contributed by atoms with van der Waals surface area (Å²) in [7, 11) is -1.13. The van der Waals surface area contributed by atoms with Crippen LogP contribution in [-0.4, -0.2) is 232 Å². The Bertz CT molecular complexity index is 3020. The van der Waals surface area contributed by atoms with Crippen molar-refractivity contribution in [2.75, 3.05) is 120 Å². The van der Waals surface area contributed by atoms with Crippen LogP contribution in [0.4, 0.5) is 0 Å². The van der Waals surface area contributed by atoms with Crippen molar-refractivity contribution in [3.8, 4) is 0 Å². The number of nitrogens with one attached hydrogen (secondary N) is 6. The number of ether oxygens (including phenoxy) is 10. The van der Waals surface area contributed by atoms with Gasteiger partial charge in [0.1, 0.15) is 23.8 Å². The maximum Gasteiger partial charge on any atom is 0.471 e. The van der Waals surface area contributed by atoms with Gasteiger partial charge in [0.15, 0.2) is 0 Å². The lowest BCUT2D eigenvalue weighted by atomic mass is 9.70. The van der Waals surface area contributed by atoms with Crippen LogP contribution in [0.1, 0.15) is 427 Å². The van der Waals surface area contributed by atoms with E-state index in [1.165, 1.54) is 66.4 Å². The van der Waals surface area contributed by atoms with E-state index in [1.54, 1.807) is 20.8 Å². The lowest BCUT2D eigenvalue weighted by Gasteiger charge is -2.44. The van der Waals surface area contributed by atoms with Crippen molar-refractivity contribution in [1.29, 1.82) is 0 Å². The molecule has 32 nitrogen and oxygen atoms in total. The Kier molecular flexibility index (Phi) is 90.4. The Morgan fingerprint density at radius 2 is 0.629 bits per heavy atom. The molecule has 3 rings (SSSR count). The highest BCUT2D eigenvalue weighted by molar-refractivity contribution is 7.47. The second kappa shape index (κ2) is 91.4. The molecule has 0 heterocycles. The summed E-state index contributed by atoms with van der Waals surface area (Å²) in [5, 5.41) is 18.2. The first-order valence-electron chi connectivity index (χ1n) is 55.1. The van der Waals surface area contributed by atoms with Crippen LogP contribution < -0.4 is 37.6 Å². The molecule has 9 N–H and O–H groups in total. The van der Waals surface area contributed by atoms with Gasteiger partial charge in [0.2, 0.25) is 35.4 Å². The van der Waals surface area contributed by atoms with Crippen molar-refractivity contribution in [3.05, 3.63) is 0 Å². The standard InChI is InChI=1S/C97H174N6O21.C7H18NO4P.2C2H6.2CH4/c1-71-74(4)94(100-77(7)104)88(61-83(71)64-122-80(10)107)119-55-43-37-31-25-19-14-16-22-28-34-40-47-86(110)51-58-116-67-97(103-93(114)50-46-49-91(112)99-70-115-13,68-117-59-52-87(111)48-41-35-29-23-17-15-20-26-32-38-44-56-120-89-62-84(65-123-81(11)108)72(2)75(5)95(89)101-78(8)105)69-118-60-53-92(113)98-54-42-36-30-24-18-21-27-33-39-45-57-121-90-63-85(66-124-82(12)109)73(3)76(6)96(90)102-79(9)106;1-11-13(9,10)12-7-5-3-2-4-6-8;2*1-2;;/h71-76,83-85,88-90,94-96H,14-70H2,1-13H3,(H,98,113)(H,99,112)(H,100,104)(H,101,105)(H,102,106)(H,103,114);2-8H2,1H3,(H,9,10);2*1-2H3;2*1H4. The first-order chi connectivity index (χ1) is 67.7. The van der Waals surface area contributed by atoms with Crippen molar-refractivity contribution in [2.45, 2.75) is 469 Å². The van der Waals surface area contributed by atoms with Gasteiger partial charge in [0, 0.05) is 127 Å². The maximum absolute atomic E-state index is 13.9. The van der Waals surface area contributed by atoms with E-state index in [0.29, 0.717) is 65.6 Å². The van der Waals surface area contributed by atoms with Gasteiger partial charge in [-0.1, -0.05) is 264 Å². The number of hydrogen-bond donors (Lipinski definition) is 8. The Morgan fingerprint density at radius 1 is 0.343 bits per heavy atom. The van der Waals surface area contributed by atoms with E-state index in [4.69, 9.17) is 58.0 Å². The molecule has 842 valence electrons. The third-order valence-corrected chi connectivity index (χ3v) is 28.8. The first kappa shape index (κ1) is 141. The molecule has 16 atom stereocenters. The molecule has 0 radical (unpaired) electrons. The van der Waals surface area contributed by atoms with E-state index in [1.807, 2.05) is 27.7 Å². The zero-order valence-corrected chi connectivity index (χ0v) is 92.4. The molecule has 3 aliphatic carbocycles. The van der Waals surface area contributed by atoms with Crippen LogP contribution >= 0.6 is 7.82 Å². The molecule has 143 heavy (non-hydrogen) atoms. The van der Waals surface area contributed by atoms with Crippen molar-refractivity contribution < 1.29 is 119 Å². The van der Waals surface area contributed by atoms with Crippen molar-refractivity contribution in [3.63, 3.8) is 0 Å². The van der Waals surface area contributed by atoms with E-state index in [-0.39, 0.29) is 261 Å². The largest absolute Gasteiger partial charge is 0.471 e. The van der Waals surface area contributed by atoms with E-state index in [2.05, 4.69) is 82.5 Å². The topological polar surface area (TPSA) is 434 Å². The summed E-state index contributed by atoms with van der Waals surface area (Å²) in [6.07, 6.45) is 41.6. The minimum Gasteiger partial charge on any atom is -0.466 e. The number of phosphoric ester groups is 1. The fourth-order valence-corrected chi connectivity index (χ4v) is 19.3. The Morgan fingerprint density at radius 3 is 0.937 bits per heavy atom. The number of carbonyl (C=O) groups excluding carboxylic acids is 11. The number of rotatable bonds is 83. The molecule has 0 bridgehead atoms. The summed E-state index contributed by atoms with van der Waals surface area (Å²) in [4.78, 5) is 146. The molecule has 16 unspecified atom stereocenters. The molecule has 0 aromatic carbocycles. The first-order valence-corrected chi connectivity index (χ1v) is 56.6. The third-order valence-electron chi connectivity index (χ3n) is 27.8. The average molecular weight is 2060 g/mol. The molecule has 0 saturated heterocycles. The SMILES string of the molecule is C.C.CC.CC.COCNC(=O)CCCC(=O)NC(COCCC(=O)CCCCCCCCCCCCCOC1CC(COC(C)=O)C(C)C(C)C1NC(C)=O)(COCCC(=O)CCCCCCCCCCCCCOC1CC(COC(C)=O)C(C)C(C)C1NC(C)=O)COCCC(=O)NCCCCCCCCCCCCOC1CC(COC(C)=O)C(C)C(C)C1NC(C)=O.COP(=O)(O)OCCCCCCN. The zero-order chi connectivity index (χ0) is 105. The number of nitrogens with two attached hydrogens (primary N) is 1. The van der Waals surface area contributed by atoms with Gasteiger partial charge >= 0.3 is 25.7 Å². The molecule has 33 heteroatoms. The maximum atomic E-state index is 13.9. The number of ketones is 2. The average Bonchev–Trinajstić information content (AvgIpc) is 0.813. The number of carbonyl (C=O) groups is 11. The minimum atomic E-state index is -3.75. The fourth-order valence-electron chi connectivity index (χ4n) is 18.8. The molecule has 0 aliphatic heterocycles. The minimum absolute atomic E-state index is 0.